The van der Waals surface area contributed by atoms with Crippen molar-refractivity contribution in [3.05, 3.63) is 68.8 Å². The van der Waals surface area contributed by atoms with Crippen LogP contribution >= 0.6 is 0 Å². The Hall–Kier alpha value is -2.69. The number of hydrogen-bond donors (Lipinski definition) is 1. The van der Waals surface area contributed by atoms with Gasteiger partial charge in [-0.05, 0) is 44.0 Å². The van der Waals surface area contributed by atoms with Crippen LogP contribution in [0.25, 0.3) is 0 Å². The maximum atomic E-state index is 12.3. The number of nitro groups is 1. The highest BCUT2D eigenvalue weighted by Crippen LogP contribution is 2.25. The van der Waals surface area contributed by atoms with Crippen molar-refractivity contribution < 1.29 is 9.72 Å². The fourth-order valence-electron chi connectivity index (χ4n) is 2.14. The lowest BCUT2D eigenvalue weighted by Gasteiger charge is -2.10. The molecule has 0 aliphatic carbocycles. The van der Waals surface area contributed by atoms with E-state index in [0.29, 0.717) is 11.3 Å². The summed E-state index contributed by atoms with van der Waals surface area (Å²) in [5.74, 6) is -0.473. The van der Waals surface area contributed by atoms with E-state index < -0.39 is 10.8 Å². The number of nitrogens with one attached hydrogen (secondary N) is 1. The maximum absolute atomic E-state index is 12.3. The van der Waals surface area contributed by atoms with E-state index in [-0.39, 0.29) is 11.3 Å². The van der Waals surface area contributed by atoms with Crippen LogP contribution < -0.4 is 5.32 Å². The van der Waals surface area contributed by atoms with E-state index in [9.17, 15) is 14.9 Å². The van der Waals surface area contributed by atoms with Crippen LogP contribution in [-0.2, 0) is 0 Å². The van der Waals surface area contributed by atoms with E-state index in [1.165, 1.54) is 6.07 Å². The Bertz CT molecular complexity index is 723. The molecule has 0 spiro atoms. The number of amides is 1. The number of nitro benzene ring substituents is 1. The van der Waals surface area contributed by atoms with Crippen LogP contribution in [0, 0.1) is 30.9 Å². The highest BCUT2D eigenvalue weighted by molar-refractivity contribution is 6.07. The SMILES string of the molecule is Cc1ccc(C)c(NC(=O)c2cccc(C)c2[N+](=O)[O-])c1. The Morgan fingerprint density at radius 3 is 2.48 bits per heavy atom. The summed E-state index contributed by atoms with van der Waals surface area (Å²) < 4.78 is 0. The minimum atomic E-state index is -0.520. The zero-order valence-corrected chi connectivity index (χ0v) is 12.1. The van der Waals surface area contributed by atoms with Crippen molar-refractivity contribution >= 4 is 17.3 Å². The molecule has 5 nitrogen and oxygen atoms in total. The molecule has 0 unspecified atom stereocenters. The molecule has 0 aliphatic heterocycles. The minimum absolute atomic E-state index is 0.0703. The largest absolute Gasteiger partial charge is 0.322 e. The summed E-state index contributed by atoms with van der Waals surface area (Å²) in [4.78, 5) is 23.0. The van der Waals surface area contributed by atoms with Crippen LogP contribution in [0.15, 0.2) is 36.4 Å². The van der Waals surface area contributed by atoms with Gasteiger partial charge in [0.05, 0.1) is 4.92 Å². The summed E-state index contributed by atoms with van der Waals surface area (Å²) in [5.41, 5.74) is 2.96. The van der Waals surface area contributed by atoms with Gasteiger partial charge >= 0.3 is 0 Å². The smallest absolute Gasteiger partial charge is 0.285 e. The normalized spacial score (nSPS) is 10.2. The monoisotopic (exact) mass is 284 g/mol. The highest BCUT2D eigenvalue weighted by Gasteiger charge is 2.22. The van der Waals surface area contributed by atoms with Crippen LogP contribution in [-0.4, -0.2) is 10.8 Å². The molecule has 0 bridgehead atoms. The third kappa shape index (κ3) is 3.08. The summed E-state index contributed by atoms with van der Waals surface area (Å²) in [5, 5.41) is 13.9. The first-order chi connectivity index (χ1) is 9.90. The van der Waals surface area contributed by atoms with Gasteiger partial charge in [-0.2, -0.15) is 0 Å². The molecule has 0 atom stereocenters. The molecule has 5 heteroatoms. The van der Waals surface area contributed by atoms with Crippen molar-refractivity contribution in [3.63, 3.8) is 0 Å². The van der Waals surface area contributed by atoms with Gasteiger partial charge in [-0.15, -0.1) is 0 Å². The van der Waals surface area contributed by atoms with Gasteiger partial charge in [-0.3, -0.25) is 14.9 Å². The van der Waals surface area contributed by atoms with Crippen LogP contribution in [0.2, 0.25) is 0 Å². The Morgan fingerprint density at radius 1 is 1.10 bits per heavy atom. The molecule has 108 valence electrons. The minimum Gasteiger partial charge on any atom is -0.322 e. The van der Waals surface area contributed by atoms with Gasteiger partial charge in [-0.25, -0.2) is 0 Å². The molecular formula is C16H16N2O3. The Labute approximate surface area is 122 Å². The first-order valence-corrected chi connectivity index (χ1v) is 6.52. The topological polar surface area (TPSA) is 72.2 Å². The average molecular weight is 284 g/mol. The number of rotatable bonds is 3. The zero-order valence-electron chi connectivity index (χ0n) is 12.1. The third-order valence-electron chi connectivity index (χ3n) is 3.31. The molecule has 1 amide bonds. The van der Waals surface area contributed by atoms with Crippen LogP contribution in [0.5, 0.6) is 0 Å². The molecule has 2 aromatic carbocycles. The number of carbonyl (C=O) groups is 1. The maximum Gasteiger partial charge on any atom is 0.285 e. The third-order valence-corrected chi connectivity index (χ3v) is 3.31. The summed E-state index contributed by atoms with van der Waals surface area (Å²) in [6.45, 7) is 5.41. The second kappa shape index (κ2) is 5.75. The van der Waals surface area contributed by atoms with E-state index >= 15 is 0 Å². The Kier molecular flexibility index (Phi) is 4.03. The number of carbonyl (C=O) groups excluding carboxylic acids is 1. The lowest BCUT2D eigenvalue weighted by Crippen LogP contribution is -2.15. The van der Waals surface area contributed by atoms with Crippen molar-refractivity contribution in [1.82, 2.24) is 0 Å². The summed E-state index contributed by atoms with van der Waals surface area (Å²) in [7, 11) is 0. The van der Waals surface area contributed by atoms with E-state index in [2.05, 4.69) is 5.32 Å². The van der Waals surface area contributed by atoms with Crippen LogP contribution in [0.4, 0.5) is 11.4 Å². The van der Waals surface area contributed by atoms with E-state index in [1.54, 1.807) is 19.1 Å². The predicted molar refractivity (Wildman–Crippen MR) is 81.7 cm³/mol. The molecule has 21 heavy (non-hydrogen) atoms. The number of benzene rings is 2. The Balaban J connectivity index is 2.40. The molecule has 2 rings (SSSR count). The molecule has 0 aliphatic rings. The van der Waals surface area contributed by atoms with Crippen molar-refractivity contribution in [1.29, 1.82) is 0 Å². The average Bonchev–Trinajstić information content (AvgIpc) is 2.42. The lowest BCUT2D eigenvalue weighted by molar-refractivity contribution is -0.385. The number of nitrogens with zero attached hydrogens (tertiary/aromatic N) is 1. The lowest BCUT2D eigenvalue weighted by atomic mass is 10.1. The summed E-state index contributed by atoms with van der Waals surface area (Å²) in [6.07, 6.45) is 0. The van der Waals surface area contributed by atoms with Crippen molar-refractivity contribution in [2.75, 3.05) is 5.32 Å². The van der Waals surface area contributed by atoms with Gasteiger partial charge in [0.1, 0.15) is 5.56 Å². The first kappa shape index (κ1) is 14.7. The second-order valence-electron chi connectivity index (χ2n) is 5.00. The molecule has 0 fully saturated rings. The molecule has 0 radical (unpaired) electrons. The van der Waals surface area contributed by atoms with Crippen molar-refractivity contribution in [2.24, 2.45) is 0 Å². The fourth-order valence-corrected chi connectivity index (χ4v) is 2.14. The predicted octanol–water partition coefficient (Wildman–Crippen LogP) is 3.77. The standard InChI is InChI=1S/C16H16N2O3/c1-10-7-8-11(2)14(9-10)17-16(19)13-6-4-5-12(3)15(13)18(20)21/h4-9H,1-3H3,(H,17,19). The van der Waals surface area contributed by atoms with E-state index in [4.69, 9.17) is 0 Å². The fraction of sp³-hybridized carbons (Fsp3) is 0.188. The van der Waals surface area contributed by atoms with Gasteiger partial charge < -0.3 is 5.32 Å². The number of aryl methyl sites for hydroxylation is 3. The molecule has 0 heterocycles. The molecule has 0 aromatic heterocycles. The molecule has 1 N–H and O–H groups in total. The number of para-hydroxylation sites is 1. The van der Waals surface area contributed by atoms with Gasteiger partial charge in [0.15, 0.2) is 0 Å². The van der Waals surface area contributed by atoms with Gasteiger partial charge in [0.2, 0.25) is 0 Å². The summed E-state index contributed by atoms with van der Waals surface area (Å²) >= 11 is 0. The quantitative estimate of drug-likeness (QED) is 0.688. The van der Waals surface area contributed by atoms with Gasteiger partial charge in [-0.1, -0.05) is 24.3 Å². The number of anilines is 1. The first-order valence-electron chi connectivity index (χ1n) is 6.52. The number of hydrogen-bond acceptors (Lipinski definition) is 3. The molecule has 2 aromatic rings. The van der Waals surface area contributed by atoms with Gasteiger partial charge in [0, 0.05) is 11.3 Å². The van der Waals surface area contributed by atoms with E-state index in [0.717, 1.165) is 11.1 Å². The molecular weight excluding hydrogens is 268 g/mol. The molecule has 0 saturated carbocycles. The summed E-state index contributed by atoms with van der Waals surface area (Å²) in [6, 6.07) is 10.4. The Morgan fingerprint density at radius 2 is 1.81 bits per heavy atom. The van der Waals surface area contributed by atoms with Crippen molar-refractivity contribution in [2.45, 2.75) is 20.8 Å². The second-order valence-corrected chi connectivity index (χ2v) is 5.00. The van der Waals surface area contributed by atoms with Crippen LogP contribution in [0.3, 0.4) is 0 Å². The van der Waals surface area contributed by atoms with Crippen molar-refractivity contribution in [3.8, 4) is 0 Å². The van der Waals surface area contributed by atoms with E-state index in [1.807, 2.05) is 32.0 Å². The zero-order chi connectivity index (χ0) is 15.6. The van der Waals surface area contributed by atoms with Gasteiger partial charge in [0.25, 0.3) is 11.6 Å². The molecule has 0 saturated heterocycles. The highest BCUT2D eigenvalue weighted by atomic mass is 16.6. The van der Waals surface area contributed by atoms with Crippen LogP contribution in [0.1, 0.15) is 27.0 Å².